The van der Waals surface area contributed by atoms with Crippen LogP contribution in [0.15, 0.2) is 18.2 Å². The van der Waals surface area contributed by atoms with Gasteiger partial charge in [0.1, 0.15) is 0 Å². The van der Waals surface area contributed by atoms with Crippen molar-refractivity contribution in [1.82, 2.24) is 9.80 Å². The lowest BCUT2D eigenvalue weighted by atomic mass is 9.96. The molecule has 0 aliphatic carbocycles. The number of anilines is 1. The zero-order valence-corrected chi connectivity index (χ0v) is 12.7. The number of nitrogens with two attached hydrogens (primary N) is 1. The number of piperidine rings is 1. The number of rotatable bonds is 4. The van der Waals surface area contributed by atoms with Gasteiger partial charge in [-0.25, -0.2) is 0 Å². The minimum Gasteiger partial charge on any atom is -0.398 e. The molecule has 2 N–H and O–H groups in total. The zero-order valence-electron chi connectivity index (χ0n) is 11.9. The van der Waals surface area contributed by atoms with Crippen LogP contribution < -0.4 is 5.73 Å². The van der Waals surface area contributed by atoms with Crippen LogP contribution in [0.25, 0.3) is 0 Å². The quantitative estimate of drug-likeness (QED) is 0.862. The fraction of sp³-hybridized carbons (Fsp3) is 0.600. The van der Waals surface area contributed by atoms with Gasteiger partial charge in [0, 0.05) is 13.1 Å². The lowest BCUT2D eigenvalue weighted by Crippen LogP contribution is -2.35. The van der Waals surface area contributed by atoms with E-state index >= 15 is 0 Å². The number of halogens is 1. The smallest absolute Gasteiger partial charge is 0.0638 e. The second-order valence-corrected chi connectivity index (χ2v) is 6.21. The lowest BCUT2D eigenvalue weighted by Gasteiger charge is -2.31. The van der Waals surface area contributed by atoms with E-state index in [9.17, 15) is 0 Å². The summed E-state index contributed by atoms with van der Waals surface area (Å²) in [5, 5.41) is 0.658. The number of nitrogens with zero attached hydrogens (tertiary/aromatic N) is 2. The normalized spacial score (nSPS) is 18.1. The number of hydrogen-bond acceptors (Lipinski definition) is 3. The number of benzene rings is 1. The minimum atomic E-state index is 0.656. The SMILES string of the molecule is CN1CCC(CN(C)Cc2ccc(N)c(Cl)c2)CC1. The molecule has 0 saturated carbocycles. The first-order chi connectivity index (χ1) is 9.04. The summed E-state index contributed by atoms with van der Waals surface area (Å²) < 4.78 is 0. The summed E-state index contributed by atoms with van der Waals surface area (Å²) in [7, 11) is 4.39. The van der Waals surface area contributed by atoms with Crippen LogP contribution in [0.5, 0.6) is 0 Å². The van der Waals surface area contributed by atoms with Crippen LogP contribution in [-0.2, 0) is 6.54 Å². The van der Waals surface area contributed by atoms with Gasteiger partial charge in [-0.2, -0.15) is 0 Å². The largest absolute Gasteiger partial charge is 0.398 e. The molecule has 2 rings (SSSR count). The van der Waals surface area contributed by atoms with E-state index in [2.05, 4.69) is 30.0 Å². The van der Waals surface area contributed by atoms with Gasteiger partial charge in [-0.15, -0.1) is 0 Å². The Kier molecular flexibility index (Phi) is 5.08. The van der Waals surface area contributed by atoms with E-state index in [1.165, 1.54) is 31.5 Å². The van der Waals surface area contributed by atoms with Crippen LogP contribution in [0.3, 0.4) is 0 Å². The molecule has 0 bridgehead atoms. The average molecular weight is 282 g/mol. The Hall–Kier alpha value is -0.770. The van der Waals surface area contributed by atoms with E-state index in [4.69, 9.17) is 17.3 Å². The van der Waals surface area contributed by atoms with Gasteiger partial charge in [-0.1, -0.05) is 17.7 Å². The molecule has 3 nitrogen and oxygen atoms in total. The molecule has 4 heteroatoms. The highest BCUT2D eigenvalue weighted by molar-refractivity contribution is 6.33. The molecule has 0 spiro atoms. The highest BCUT2D eigenvalue weighted by Crippen LogP contribution is 2.21. The molecule has 19 heavy (non-hydrogen) atoms. The minimum absolute atomic E-state index is 0.656. The van der Waals surface area contributed by atoms with Crippen molar-refractivity contribution in [2.45, 2.75) is 19.4 Å². The van der Waals surface area contributed by atoms with E-state index in [1.54, 1.807) is 0 Å². The van der Waals surface area contributed by atoms with E-state index in [0.717, 1.165) is 19.0 Å². The molecule has 0 aromatic heterocycles. The Balaban J connectivity index is 1.83. The zero-order chi connectivity index (χ0) is 13.8. The predicted octanol–water partition coefficient (Wildman–Crippen LogP) is 2.70. The third kappa shape index (κ3) is 4.37. The Morgan fingerprint density at radius 2 is 2.05 bits per heavy atom. The molecule has 0 unspecified atom stereocenters. The molecular weight excluding hydrogens is 258 g/mol. The second-order valence-electron chi connectivity index (χ2n) is 5.80. The highest BCUT2D eigenvalue weighted by atomic mass is 35.5. The van der Waals surface area contributed by atoms with Gasteiger partial charge < -0.3 is 15.5 Å². The first kappa shape index (κ1) is 14.6. The van der Waals surface area contributed by atoms with Crippen molar-refractivity contribution in [2.24, 2.45) is 5.92 Å². The van der Waals surface area contributed by atoms with Gasteiger partial charge in [0.05, 0.1) is 10.7 Å². The standard InChI is InChI=1S/C15H24ClN3/c1-18-7-5-12(6-8-18)10-19(2)11-13-3-4-15(17)14(16)9-13/h3-4,9,12H,5-8,10-11,17H2,1-2H3. The van der Waals surface area contributed by atoms with E-state index in [0.29, 0.717) is 10.7 Å². The molecule has 0 atom stereocenters. The van der Waals surface area contributed by atoms with Crippen LogP contribution in [0.2, 0.25) is 5.02 Å². The summed E-state index contributed by atoms with van der Waals surface area (Å²) in [6.45, 7) is 4.56. The highest BCUT2D eigenvalue weighted by Gasteiger charge is 2.18. The van der Waals surface area contributed by atoms with E-state index in [-0.39, 0.29) is 0 Å². The van der Waals surface area contributed by atoms with Crippen molar-refractivity contribution >= 4 is 17.3 Å². The fourth-order valence-corrected chi connectivity index (χ4v) is 2.93. The van der Waals surface area contributed by atoms with Crippen molar-refractivity contribution in [1.29, 1.82) is 0 Å². The van der Waals surface area contributed by atoms with Crippen LogP contribution >= 0.6 is 11.6 Å². The molecule has 1 aliphatic heterocycles. The van der Waals surface area contributed by atoms with Gasteiger partial charge in [-0.05, 0) is 63.6 Å². The third-order valence-electron chi connectivity index (χ3n) is 3.93. The summed E-state index contributed by atoms with van der Waals surface area (Å²) in [5.74, 6) is 0.824. The maximum atomic E-state index is 6.06. The molecule has 106 valence electrons. The molecule has 1 aromatic rings. The molecule has 1 aliphatic rings. The Labute approximate surface area is 121 Å². The van der Waals surface area contributed by atoms with Gasteiger partial charge in [-0.3, -0.25) is 0 Å². The predicted molar refractivity (Wildman–Crippen MR) is 82.4 cm³/mol. The van der Waals surface area contributed by atoms with Crippen molar-refractivity contribution in [3.63, 3.8) is 0 Å². The summed E-state index contributed by atoms with van der Waals surface area (Å²) in [6, 6.07) is 5.93. The van der Waals surface area contributed by atoms with Crippen LogP contribution in [0, 0.1) is 5.92 Å². The van der Waals surface area contributed by atoms with Crippen molar-refractivity contribution in [2.75, 3.05) is 39.5 Å². The van der Waals surface area contributed by atoms with E-state index < -0.39 is 0 Å². The molecular formula is C15H24ClN3. The Morgan fingerprint density at radius 3 is 2.68 bits per heavy atom. The summed E-state index contributed by atoms with van der Waals surface area (Å²) in [5.41, 5.74) is 7.62. The topological polar surface area (TPSA) is 32.5 Å². The summed E-state index contributed by atoms with van der Waals surface area (Å²) >= 11 is 6.06. The maximum Gasteiger partial charge on any atom is 0.0638 e. The monoisotopic (exact) mass is 281 g/mol. The second kappa shape index (κ2) is 6.60. The molecule has 1 saturated heterocycles. The van der Waals surface area contributed by atoms with Crippen LogP contribution in [0.4, 0.5) is 5.69 Å². The molecule has 1 fully saturated rings. The Bertz CT molecular complexity index is 414. The van der Waals surface area contributed by atoms with Gasteiger partial charge in [0.25, 0.3) is 0 Å². The summed E-state index contributed by atoms with van der Waals surface area (Å²) in [6.07, 6.45) is 2.62. The Morgan fingerprint density at radius 1 is 1.37 bits per heavy atom. The van der Waals surface area contributed by atoms with Crippen molar-refractivity contribution in [3.8, 4) is 0 Å². The van der Waals surface area contributed by atoms with Crippen LogP contribution in [-0.4, -0.2) is 43.5 Å². The molecule has 0 amide bonds. The van der Waals surface area contributed by atoms with Crippen molar-refractivity contribution < 1.29 is 0 Å². The van der Waals surface area contributed by atoms with Gasteiger partial charge in [0.15, 0.2) is 0 Å². The molecule has 0 radical (unpaired) electrons. The third-order valence-corrected chi connectivity index (χ3v) is 4.25. The van der Waals surface area contributed by atoms with E-state index in [1.807, 2.05) is 12.1 Å². The first-order valence-electron chi connectivity index (χ1n) is 6.95. The average Bonchev–Trinajstić information content (AvgIpc) is 2.37. The maximum absolute atomic E-state index is 6.06. The number of likely N-dealkylation sites (tertiary alicyclic amines) is 1. The number of hydrogen-bond donors (Lipinski definition) is 1. The lowest BCUT2D eigenvalue weighted by molar-refractivity contribution is 0.173. The first-order valence-corrected chi connectivity index (χ1v) is 7.33. The molecule has 1 heterocycles. The van der Waals surface area contributed by atoms with Crippen molar-refractivity contribution in [3.05, 3.63) is 28.8 Å². The molecule has 1 aromatic carbocycles. The fourth-order valence-electron chi connectivity index (χ4n) is 2.73. The van der Waals surface area contributed by atoms with Gasteiger partial charge >= 0.3 is 0 Å². The van der Waals surface area contributed by atoms with Crippen LogP contribution in [0.1, 0.15) is 18.4 Å². The number of nitrogen functional groups attached to an aromatic ring is 1. The van der Waals surface area contributed by atoms with Gasteiger partial charge in [0.2, 0.25) is 0 Å². The summed E-state index contributed by atoms with van der Waals surface area (Å²) in [4.78, 5) is 4.80.